The van der Waals surface area contributed by atoms with E-state index in [4.69, 9.17) is 27.9 Å². The number of rotatable bonds is 4. The van der Waals surface area contributed by atoms with Gasteiger partial charge in [0.1, 0.15) is 5.75 Å². The summed E-state index contributed by atoms with van der Waals surface area (Å²) in [7, 11) is 0. The van der Waals surface area contributed by atoms with Crippen LogP contribution < -0.4 is 10.1 Å². The molecule has 2 nitrogen and oxygen atoms in total. The van der Waals surface area contributed by atoms with E-state index in [1.54, 1.807) is 0 Å². The number of hydrogen-bond donors (Lipinski definition) is 1. The Morgan fingerprint density at radius 1 is 1.12 bits per heavy atom. The number of allylic oxidation sites excluding steroid dienone is 2. The molecule has 0 saturated carbocycles. The van der Waals surface area contributed by atoms with Gasteiger partial charge in [-0.05, 0) is 42.0 Å². The van der Waals surface area contributed by atoms with Crippen LogP contribution in [0.25, 0.3) is 0 Å². The van der Waals surface area contributed by atoms with Crippen LogP contribution in [0.2, 0.25) is 10.0 Å². The second-order valence-electron chi connectivity index (χ2n) is 7.54. The van der Waals surface area contributed by atoms with Crippen molar-refractivity contribution >= 4 is 28.9 Å². The molecule has 2 aromatic carbocycles. The predicted octanol–water partition coefficient (Wildman–Crippen LogP) is 6.85. The summed E-state index contributed by atoms with van der Waals surface area (Å²) in [5.74, 6) is 2.14. The Hall–Kier alpha value is -1.64. The fourth-order valence-corrected chi connectivity index (χ4v) is 4.70. The summed E-state index contributed by atoms with van der Waals surface area (Å²) in [6, 6.07) is 12.1. The summed E-state index contributed by atoms with van der Waals surface area (Å²) in [6.07, 6.45) is 5.60. The summed E-state index contributed by atoms with van der Waals surface area (Å²) in [6.45, 7) is 5.01. The molecule has 4 heteroatoms. The molecule has 0 bridgehead atoms. The second-order valence-corrected chi connectivity index (χ2v) is 8.35. The molecule has 0 amide bonds. The number of halogens is 2. The van der Waals surface area contributed by atoms with E-state index in [-0.39, 0.29) is 6.04 Å². The molecular weight excluding hydrogens is 365 g/mol. The first-order valence-corrected chi connectivity index (χ1v) is 9.94. The van der Waals surface area contributed by atoms with E-state index in [9.17, 15) is 0 Å². The summed E-state index contributed by atoms with van der Waals surface area (Å²) >= 11 is 13.1. The first-order chi connectivity index (χ1) is 12.6. The maximum Gasteiger partial charge on any atom is 0.142 e. The summed E-state index contributed by atoms with van der Waals surface area (Å²) in [4.78, 5) is 0. The molecule has 3 atom stereocenters. The van der Waals surface area contributed by atoms with Crippen LogP contribution in [-0.4, -0.2) is 6.61 Å². The number of para-hydroxylation sites is 1. The lowest BCUT2D eigenvalue weighted by molar-refractivity contribution is 0.270. The van der Waals surface area contributed by atoms with Crippen molar-refractivity contribution in [3.8, 4) is 5.75 Å². The number of hydrogen-bond acceptors (Lipinski definition) is 2. The van der Waals surface area contributed by atoms with Crippen molar-refractivity contribution in [2.75, 3.05) is 11.9 Å². The van der Waals surface area contributed by atoms with E-state index in [0.717, 1.165) is 23.4 Å². The zero-order valence-electron chi connectivity index (χ0n) is 15.0. The van der Waals surface area contributed by atoms with Gasteiger partial charge in [-0.3, -0.25) is 0 Å². The van der Waals surface area contributed by atoms with Crippen LogP contribution in [0.1, 0.15) is 43.4 Å². The van der Waals surface area contributed by atoms with Gasteiger partial charge in [-0.15, -0.1) is 0 Å². The highest BCUT2D eigenvalue weighted by atomic mass is 35.5. The summed E-state index contributed by atoms with van der Waals surface area (Å²) < 4.78 is 6.11. The lowest BCUT2D eigenvalue weighted by Crippen LogP contribution is -2.30. The van der Waals surface area contributed by atoms with Crippen LogP contribution in [0.3, 0.4) is 0 Å². The number of fused-ring (bicyclic) bond motifs is 3. The smallest absolute Gasteiger partial charge is 0.142 e. The monoisotopic (exact) mass is 387 g/mol. The standard InChI is InChI=1S/C22H23Cl2NO/c1-13(2)12-26-19-11-4-8-15-14-6-3-7-16(14)22(25-21(15)19)20-17(23)9-5-10-18(20)24/h3-6,8-11,13-14,16,22,25H,7,12H2,1-2H3. The van der Waals surface area contributed by atoms with Crippen LogP contribution in [-0.2, 0) is 0 Å². The first kappa shape index (κ1) is 17.8. The molecule has 0 saturated heterocycles. The van der Waals surface area contributed by atoms with E-state index < -0.39 is 0 Å². The molecule has 1 aliphatic heterocycles. The fourth-order valence-electron chi connectivity index (χ4n) is 4.06. The molecule has 0 aromatic heterocycles. The molecule has 26 heavy (non-hydrogen) atoms. The zero-order valence-corrected chi connectivity index (χ0v) is 16.5. The number of nitrogens with one attached hydrogen (secondary N) is 1. The first-order valence-electron chi connectivity index (χ1n) is 9.19. The van der Waals surface area contributed by atoms with Gasteiger partial charge < -0.3 is 10.1 Å². The minimum atomic E-state index is 0.0625. The van der Waals surface area contributed by atoms with E-state index in [0.29, 0.717) is 34.4 Å². The lowest BCUT2D eigenvalue weighted by Gasteiger charge is -2.38. The highest BCUT2D eigenvalue weighted by Crippen LogP contribution is 2.53. The second kappa shape index (κ2) is 7.17. The largest absolute Gasteiger partial charge is 0.491 e. The molecule has 2 aromatic rings. The van der Waals surface area contributed by atoms with Crippen LogP contribution in [0.4, 0.5) is 5.69 Å². The normalized spacial score (nSPS) is 23.5. The van der Waals surface area contributed by atoms with Gasteiger partial charge in [0.25, 0.3) is 0 Å². The van der Waals surface area contributed by atoms with E-state index in [1.807, 2.05) is 24.3 Å². The zero-order chi connectivity index (χ0) is 18.3. The minimum absolute atomic E-state index is 0.0625. The molecule has 4 rings (SSSR count). The molecule has 0 spiro atoms. The van der Waals surface area contributed by atoms with E-state index in [1.165, 1.54) is 5.56 Å². The quantitative estimate of drug-likeness (QED) is 0.578. The summed E-state index contributed by atoms with van der Waals surface area (Å²) in [5.41, 5.74) is 3.35. The van der Waals surface area contributed by atoms with E-state index in [2.05, 4.69) is 43.4 Å². The van der Waals surface area contributed by atoms with Crippen molar-refractivity contribution in [1.29, 1.82) is 0 Å². The Morgan fingerprint density at radius 3 is 2.58 bits per heavy atom. The van der Waals surface area contributed by atoms with Crippen molar-refractivity contribution in [3.05, 3.63) is 69.7 Å². The maximum absolute atomic E-state index is 6.55. The van der Waals surface area contributed by atoms with Gasteiger partial charge in [0.15, 0.2) is 0 Å². The Kier molecular flexibility index (Phi) is 4.90. The average Bonchev–Trinajstić information content (AvgIpc) is 3.10. The highest BCUT2D eigenvalue weighted by molar-refractivity contribution is 6.36. The fraction of sp³-hybridized carbons (Fsp3) is 0.364. The van der Waals surface area contributed by atoms with Gasteiger partial charge in [-0.25, -0.2) is 0 Å². The molecule has 136 valence electrons. The summed E-state index contributed by atoms with van der Waals surface area (Å²) in [5, 5.41) is 5.15. The van der Waals surface area contributed by atoms with Gasteiger partial charge in [-0.1, -0.05) is 67.4 Å². The predicted molar refractivity (Wildman–Crippen MR) is 110 cm³/mol. The Morgan fingerprint density at radius 2 is 1.85 bits per heavy atom. The molecule has 2 aliphatic rings. The molecule has 1 N–H and O–H groups in total. The molecule has 0 radical (unpaired) electrons. The van der Waals surface area contributed by atoms with Crippen molar-refractivity contribution in [2.24, 2.45) is 11.8 Å². The highest BCUT2D eigenvalue weighted by Gasteiger charge is 2.40. The SMILES string of the molecule is CC(C)COc1cccc2c1NC(c1c(Cl)cccc1Cl)C1CC=CC21. The van der Waals surface area contributed by atoms with Gasteiger partial charge in [0.2, 0.25) is 0 Å². The topological polar surface area (TPSA) is 21.3 Å². The van der Waals surface area contributed by atoms with Crippen molar-refractivity contribution < 1.29 is 4.74 Å². The van der Waals surface area contributed by atoms with Gasteiger partial charge in [-0.2, -0.15) is 0 Å². The number of ether oxygens (including phenoxy) is 1. The Bertz CT molecular complexity index is 826. The molecule has 3 unspecified atom stereocenters. The van der Waals surface area contributed by atoms with Crippen LogP contribution in [0.15, 0.2) is 48.6 Å². The average molecular weight is 388 g/mol. The van der Waals surface area contributed by atoms with Crippen LogP contribution >= 0.6 is 23.2 Å². The van der Waals surface area contributed by atoms with Crippen LogP contribution in [0.5, 0.6) is 5.75 Å². The lowest BCUT2D eigenvalue weighted by atomic mass is 9.77. The van der Waals surface area contributed by atoms with E-state index >= 15 is 0 Å². The van der Waals surface area contributed by atoms with Gasteiger partial charge >= 0.3 is 0 Å². The van der Waals surface area contributed by atoms with Gasteiger partial charge in [0.05, 0.1) is 18.3 Å². The van der Waals surface area contributed by atoms with Crippen molar-refractivity contribution in [3.63, 3.8) is 0 Å². The van der Waals surface area contributed by atoms with Crippen molar-refractivity contribution in [2.45, 2.75) is 32.2 Å². The third-order valence-corrected chi connectivity index (χ3v) is 5.90. The Labute approximate surface area is 165 Å². The molecule has 1 aliphatic carbocycles. The molecule has 0 fully saturated rings. The molecular formula is C22H23Cl2NO. The Balaban J connectivity index is 1.78. The number of anilines is 1. The molecule has 1 heterocycles. The minimum Gasteiger partial charge on any atom is -0.491 e. The third kappa shape index (κ3) is 3.10. The van der Waals surface area contributed by atoms with Crippen LogP contribution in [0, 0.1) is 11.8 Å². The third-order valence-electron chi connectivity index (χ3n) is 5.24. The maximum atomic E-state index is 6.55. The van der Waals surface area contributed by atoms with Crippen molar-refractivity contribution in [1.82, 2.24) is 0 Å². The van der Waals surface area contributed by atoms with Gasteiger partial charge in [0, 0.05) is 21.5 Å². The number of benzene rings is 2.